The average molecular weight is 269 g/mol. The lowest BCUT2D eigenvalue weighted by molar-refractivity contribution is -0.0262. The van der Waals surface area contributed by atoms with Crippen molar-refractivity contribution < 1.29 is 4.74 Å². The number of nitrogens with one attached hydrogen (secondary N) is 1. The number of thiazole rings is 1. The number of hydrogen-bond donors (Lipinski definition) is 1. The molecule has 1 N–H and O–H groups in total. The van der Waals surface area contributed by atoms with Gasteiger partial charge in [0.1, 0.15) is 5.01 Å². The Labute approximate surface area is 113 Å². The number of hydrogen-bond acceptors (Lipinski definition) is 5. The lowest BCUT2D eigenvalue weighted by Crippen LogP contribution is -2.46. The second-order valence-corrected chi connectivity index (χ2v) is 6.09. The highest BCUT2D eigenvalue weighted by Crippen LogP contribution is 2.19. The van der Waals surface area contributed by atoms with Gasteiger partial charge in [0.25, 0.3) is 0 Å². The first-order valence-electron chi connectivity index (χ1n) is 6.68. The first-order chi connectivity index (χ1) is 8.69. The predicted molar refractivity (Wildman–Crippen MR) is 75.1 cm³/mol. The van der Waals surface area contributed by atoms with Gasteiger partial charge in [-0.05, 0) is 20.4 Å². The minimum absolute atomic E-state index is 0.308. The lowest BCUT2D eigenvalue weighted by Gasteiger charge is -2.32. The molecular weight excluding hydrogens is 246 g/mol. The molecule has 1 fully saturated rings. The first-order valence-corrected chi connectivity index (χ1v) is 7.50. The monoisotopic (exact) mass is 269 g/mol. The molecular formula is C13H23N3OS. The SMILES string of the molecule is CCN1CCOC(CNC(C)c2ncc(C)s2)C1. The van der Waals surface area contributed by atoms with E-state index in [4.69, 9.17) is 4.74 Å². The van der Waals surface area contributed by atoms with E-state index in [1.54, 1.807) is 11.3 Å². The average Bonchev–Trinajstić information content (AvgIpc) is 2.83. The van der Waals surface area contributed by atoms with Crippen molar-refractivity contribution >= 4 is 11.3 Å². The molecule has 2 heterocycles. The van der Waals surface area contributed by atoms with Crippen molar-refractivity contribution in [2.75, 3.05) is 32.8 Å². The van der Waals surface area contributed by atoms with Crippen molar-refractivity contribution in [3.8, 4) is 0 Å². The quantitative estimate of drug-likeness (QED) is 0.885. The molecule has 1 aliphatic heterocycles. The summed E-state index contributed by atoms with van der Waals surface area (Å²) in [6, 6.07) is 0.310. The van der Waals surface area contributed by atoms with Crippen LogP contribution in [0.2, 0.25) is 0 Å². The van der Waals surface area contributed by atoms with E-state index in [0.29, 0.717) is 12.1 Å². The molecule has 2 rings (SSSR count). The van der Waals surface area contributed by atoms with Gasteiger partial charge >= 0.3 is 0 Å². The van der Waals surface area contributed by atoms with Crippen molar-refractivity contribution in [3.05, 3.63) is 16.1 Å². The molecule has 2 atom stereocenters. The number of morpholine rings is 1. The number of ether oxygens (including phenoxy) is 1. The molecule has 1 saturated heterocycles. The summed E-state index contributed by atoms with van der Waals surface area (Å²) in [6.07, 6.45) is 2.25. The van der Waals surface area contributed by atoms with Crippen LogP contribution in [-0.2, 0) is 4.74 Å². The highest BCUT2D eigenvalue weighted by molar-refractivity contribution is 7.11. The third kappa shape index (κ3) is 3.75. The Balaban J connectivity index is 1.77. The van der Waals surface area contributed by atoms with E-state index in [-0.39, 0.29) is 0 Å². The Kier molecular flexibility index (Phi) is 5.12. The van der Waals surface area contributed by atoms with Gasteiger partial charge in [-0.3, -0.25) is 4.90 Å². The van der Waals surface area contributed by atoms with Gasteiger partial charge in [0.05, 0.1) is 18.8 Å². The minimum Gasteiger partial charge on any atom is -0.374 e. The molecule has 0 saturated carbocycles. The van der Waals surface area contributed by atoms with Gasteiger partial charge in [0, 0.05) is 30.7 Å². The second-order valence-electron chi connectivity index (χ2n) is 4.83. The van der Waals surface area contributed by atoms with Crippen molar-refractivity contribution in [3.63, 3.8) is 0 Å². The summed E-state index contributed by atoms with van der Waals surface area (Å²) >= 11 is 1.76. The van der Waals surface area contributed by atoms with Crippen LogP contribution in [0.5, 0.6) is 0 Å². The molecule has 0 radical (unpaired) electrons. The van der Waals surface area contributed by atoms with Crippen LogP contribution in [-0.4, -0.2) is 48.8 Å². The second kappa shape index (κ2) is 6.61. The fourth-order valence-electron chi connectivity index (χ4n) is 2.16. The van der Waals surface area contributed by atoms with Gasteiger partial charge in [-0.15, -0.1) is 11.3 Å². The maximum atomic E-state index is 5.78. The summed E-state index contributed by atoms with van der Waals surface area (Å²) in [5, 5.41) is 4.69. The van der Waals surface area contributed by atoms with Crippen LogP contribution in [0.25, 0.3) is 0 Å². The summed E-state index contributed by atoms with van der Waals surface area (Å²) in [5.74, 6) is 0. The smallest absolute Gasteiger partial charge is 0.109 e. The maximum Gasteiger partial charge on any atom is 0.109 e. The number of rotatable bonds is 5. The molecule has 2 unspecified atom stereocenters. The topological polar surface area (TPSA) is 37.4 Å². The fraction of sp³-hybridized carbons (Fsp3) is 0.769. The Morgan fingerprint density at radius 1 is 1.67 bits per heavy atom. The van der Waals surface area contributed by atoms with E-state index in [1.807, 2.05) is 6.20 Å². The summed E-state index contributed by atoms with van der Waals surface area (Å²) in [5.41, 5.74) is 0. The van der Waals surface area contributed by atoms with Crippen molar-refractivity contribution in [2.45, 2.75) is 32.9 Å². The number of aryl methyl sites for hydroxylation is 1. The minimum atomic E-state index is 0.308. The van der Waals surface area contributed by atoms with Gasteiger partial charge in [-0.25, -0.2) is 4.98 Å². The number of likely N-dealkylation sites (N-methyl/N-ethyl adjacent to an activating group) is 1. The summed E-state index contributed by atoms with van der Waals surface area (Å²) in [7, 11) is 0. The first kappa shape index (κ1) is 13.9. The highest BCUT2D eigenvalue weighted by Gasteiger charge is 2.20. The largest absolute Gasteiger partial charge is 0.374 e. The van der Waals surface area contributed by atoms with E-state index >= 15 is 0 Å². The van der Waals surface area contributed by atoms with E-state index in [2.05, 4.69) is 36.0 Å². The molecule has 18 heavy (non-hydrogen) atoms. The summed E-state index contributed by atoms with van der Waals surface area (Å²) in [6.45, 7) is 11.4. The number of nitrogens with zero attached hydrogens (tertiary/aromatic N) is 2. The van der Waals surface area contributed by atoms with Crippen LogP contribution < -0.4 is 5.32 Å². The van der Waals surface area contributed by atoms with E-state index in [9.17, 15) is 0 Å². The zero-order valence-corrected chi connectivity index (χ0v) is 12.3. The third-order valence-corrected chi connectivity index (χ3v) is 4.43. The molecule has 0 aliphatic carbocycles. The molecule has 1 aromatic heterocycles. The van der Waals surface area contributed by atoms with E-state index < -0.39 is 0 Å². The van der Waals surface area contributed by atoms with Crippen LogP contribution in [0.1, 0.15) is 29.8 Å². The van der Waals surface area contributed by atoms with E-state index in [0.717, 1.165) is 37.8 Å². The van der Waals surface area contributed by atoms with Crippen LogP contribution in [0.15, 0.2) is 6.20 Å². The van der Waals surface area contributed by atoms with Crippen LogP contribution in [0.4, 0.5) is 0 Å². The zero-order chi connectivity index (χ0) is 13.0. The van der Waals surface area contributed by atoms with Gasteiger partial charge in [0.2, 0.25) is 0 Å². The molecule has 0 spiro atoms. The van der Waals surface area contributed by atoms with E-state index in [1.165, 1.54) is 4.88 Å². The van der Waals surface area contributed by atoms with Gasteiger partial charge < -0.3 is 10.1 Å². The Bertz CT molecular complexity index is 369. The molecule has 5 heteroatoms. The Morgan fingerprint density at radius 3 is 3.17 bits per heavy atom. The van der Waals surface area contributed by atoms with Gasteiger partial charge in [-0.2, -0.15) is 0 Å². The molecule has 0 bridgehead atoms. The van der Waals surface area contributed by atoms with Crippen LogP contribution in [0, 0.1) is 6.92 Å². The van der Waals surface area contributed by atoms with Crippen molar-refractivity contribution in [2.24, 2.45) is 0 Å². The third-order valence-electron chi connectivity index (χ3n) is 3.33. The highest BCUT2D eigenvalue weighted by atomic mass is 32.1. The fourth-order valence-corrected chi connectivity index (χ4v) is 2.96. The summed E-state index contributed by atoms with van der Waals surface area (Å²) < 4.78 is 5.78. The maximum absolute atomic E-state index is 5.78. The van der Waals surface area contributed by atoms with Gasteiger partial charge in [-0.1, -0.05) is 6.92 Å². The van der Waals surface area contributed by atoms with Crippen LogP contribution in [0.3, 0.4) is 0 Å². The standard InChI is InChI=1S/C13H23N3OS/c1-4-16-5-6-17-12(9-16)8-14-11(3)13-15-7-10(2)18-13/h7,11-12,14H,4-6,8-9H2,1-3H3. The molecule has 1 aromatic rings. The van der Waals surface area contributed by atoms with Crippen molar-refractivity contribution in [1.29, 1.82) is 0 Å². The number of aromatic nitrogens is 1. The molecule has 1 aliphatic rings. The van der Waals surface area contributed by atoms with Gasteiger partial charge in [0.15, 0.2) is 0 Å². The Morgan fingerprint density at radius 2 is 2.50 bits per heavy atom. The molecule has 0 amide bonds. The van der Waals surface area contributed by atoms with Crippen LogP contribution >= 0.6 is 11.3 Å². The Hall–Kier alpha value is -0.490. The lowest BCUT2D eigenvalue weighted by atomic mass is 10.2. The normalized spacial score (nSPS) is 23.2. The summed E-state index contributed by atoms with van der Waals surface area (Å²) in [4.78, 5) is 8.12. The molecule has 0 aromatic carbocycles. The molecule has 4 nitrogen and oxygen atoms in total. The predicted octanol–water partition coefficient (Wildman–Crippen LogP) is 1.82. The van der Waals surface area contributed by atoms with Crippen molar-refractivity contribution in [1.82, 2.24) is 15.2 Å². The zero-order valence-electron chi connectivity index (χ0n) is 11.5. The molecule has 102 valence electrons.